The molecule has 25 heavy (non-hydrogen) atoms. The number of amides is 3. The van der Waals surface area contributed by atoms with Gasteiger partial charge in [-0.2, -0.15) is 13.2 Å². The lowest BCUT2D eigenvalue weighted by Gasteiger charge is -2.34. The van der Waals surface area contributed by atoms with Gasteiger partial charge in [-0.15, -0.1) is 0 Å². The van der Waals surface area contributed by atoms with Crippen molar-refractivity contribution in [3.8, 4) is 0 Å². The van der Waals surface area contributed by atoms with Crippen molar-refractivity contribution in [3.63, 3.8) is 0 Å². The molecule has 0 spiro atoms. The van der Waals surface area contributed by atoms with Gasteiger partial charge in [0.05, 0.1) is 12.1 Å². The molecule has 1 fully saturated rings. The maximum atomic E-state index is 12.6. The van der Waals surface area contributed by atoms with Crippen LogP contribution in [0.5, 0.6) is 0 Å². The van der Waals surface area contributed by atoms with Gasteiger partial charge in [-0.3, -0.25) is 19.9 Å². The Balaban J connectivity index is 1.77. The number of halogens is 3. The molecule has 2 rings (SSSR count). The molecule has 1 heterocycles. The molecule has 138 valence electrons. The summed E-state index contributed by atoms with van der Waals surface area (Å²) >= 11 is 0. The predicted octanol–water partition coefficient (Wildman–Crippen LogP) is 1.28. The van der Waals surface area contributed by atoms with Crippen molar-refractivity contribution < 1.29 is 22.8 Å². The Bertz CT molecular complexity index is 596. The van der Waals surface area contributed by atoms with Gasteiger partial charge < -0.3 is 5.32 Å². The van der Waals surface area contributed by atoms with Gasteiger partial charge in [0.15, 0.2) is 0 Å². The average molecular weight is 358 g/mol. The molecule has 1 aliphatic heterocycles. The maximum Gasteiger partial charge on any atom is 0.416 e. The predicted molar refractivity (Wildman–Crippen MR) is 85.8 cm³/mol. The molecule has 0 radical (unpaired) electrons. The van der Waals surface area contributed by atoms with Crippen molar-refractivity contribution >= 4 is 11.9 Å². The number of piperazine rings is 1. The third kappa shape index (κ3) is 6.02. The molecule has 0 unspecified atom stereocenters. The molecular formula is C16H21F3N4O2. The van der Waals surface area contributed by atoms with E-state index in [1.807, 2.05) is 4.90 Å². The summed E-state index contributed by atoms with van der Waals surface area (Å²) < 4.78 is 37.7. The number of urea groups is 1. The molecule has 2 N–H and O–H groups in total. The first kappa shape index (κ1) is 19.2. The van der Waals surface area contributed by atoms with Crippen LogP contribution in [0.2, 0.25) is 0 Å². The molecule has 0 bridgehead atoms. The van der Waals surface area contributed by atoms with Gasteiger partial charge in [-0.05, 0) is 17.7 Å². The Labute approximate surface area is 144 Å². The van der Waals surface area contributed by atoms with E-state index < -0.39 is 17.8 Å². The number of imide groups is 1. The van der Waals surface area contributed by atoms with Crippen LogP contribution in [0.25, 0.3) is 0 Å². The lowest BCUT2D eigenvalue weighted by molar-refractivity contribution is -0.137. The summed E-state index contributed by atoms with van der Waals surface area (Å²) in [5.74, 6) is -0.365. The summed E-state index contributed by atoms with van der Waals surface area (Å²) in [5.41, 5.74) is 0.169. The number of carbonyl (C=O) groups is 2. The van der Waals surface area contributed by atoms with Crippen LogP contribution < -0.4 is 10.6 Å². The number of alkyl halides is 3. The van der Waals surface area contributed by atoms with Gasteiger partial charge in [-0.1, -0.05) is 12.1 Å². The van der Waals surface area contributed by atoms with Crippen LogP contribution in [0.4, 0.5) is 18.0 Å². The highest BCUT2D eigenvalue weighted by Gasteiger charge is 2.30. The molecule has 1 aliphatic rings. The Morgan fingerprint density at radius 2 is 1.60 bits per heavy atom. The number of benzene rings is 1. The van der Waals surface area contributed by atoms with Crippen molar-refractivity contribution in [2.24, 2.45) is 0 Å². The standard InChI is InChI=1S/C16H21F3N4O2/c1-20-15(25)21-14(24)11-23-8-6-22(7-9-23)10-12-2-4-13(5-3-12)16(17,18)19/h2-5H,6-11H2,1H3,(H2,20,21,24,25). The Kier molecular flexibility index (Phi) is 6.38. The third-order valence-electron chi connectivity index (χ3n) is 4.00. The van der Waals surface area contributed by atoms with Gasteiger partial charge in [0.2, 0.25) is 5.91 Å². The molecule has 6 nitrogen and oxygen atoms in total. The molecule has 0 saturated carbocycles. The monoisotopic (exact) mass is 358 g/mol. The van der Waals surface area contributed by atoms with Crippen molar-refractivity contribution in [3.05, 3.63) is 35.4 Å². The van der Waals surface area contributed by atoms with Crippen molar-refractivity contribution in [1.82, 2.24) is 20.4 Å². The summed E-state index contributed by atoms with van der Waals surface area (Å²) in [6, 6.07) is 4.63. The van der Waals surface area contributed by atoms with Crippen LogP contribution in [0, 0.1) is 0 Å². The van der Waals surface area contributed by atoms with Crippen LogP contribution >= 0.6 is 0 Å². The first-order valence-corrected chi connectivity index (χ1v) is 7.90. The number of carbonyl (C=O) groups excluding carboxylic acids is 2. The second-order valence-corrected chi connectivity index (χ2v) is 5.87. The van der Waals surface area contributed by atoms with Crippen LogP contribution in [0.3, 0.4) is 0 Å². The second kappa shape index (κ2) is 8.30. The summed E-state index contributed by atoms with van der Waals surface area (Å²) in [4.78, 5) is 26.8. The Hall–Kier alpha value is -2.13. The molecule has 1 aromatic rings. The molecule has 3 amide bonds. The van der Waals surface area contributed by atoms with E-state index in [0.717, 1.165) is 17.7 Å². The highest BCUT2D eigenvalue weighted by molar-refractivity contribution is 5.95. The summed E-state index contributed by atoms with van der Waals surface area (Å²) in [5, 5.41) is 4.52. The van der Waals surface area contributed by atoms with Crippen molar-refractivity contribution in [1.29, 1.82) is 0 Å². The fourth-order valence-electron chi connectivity index (χ4n) is 2.59. The minimum atomic E-state index is -4.32. The Morgan fingerprint density at radius 3 is 2.12 bits per heavy atom. The summed E-state index contributed by atoms with van der Waals surface area (Å²) in [6.45, 7) is 3.42. The smallest absolute Gasteiger partial charge is 0.341 e. The molecule has 0 atom stereocenters. The highest BCUT2D eigenvalue weighted by atomic mass is 19.4. The lowest BCUT2D eigenvalue weighted by atomic mass is 10.1. The van der Waals surface area contributed by atoms with Crippen LogP contribution in [0.15, 0.2) is 24.3 Å². The minimum Gasteiger partial charge on any atom is -0.341 e. The van der Waals surface area contributed by atoms with Gasteiger partial charge in [-0.25, -0.2) is 4.79 Å². The molecular weight excluding hydrogens is 337 g/mol. The van der Waals surface area contributed by atoms with E-state index in [1.54, 1.807) is 0 Å². The molecule has 1 saturated heterocycles. The van der Waals surface area contributed by atoms with Gasteiger partial charge in [0.1, 0.15) is 0 Å². The number of hydrogen-bond donors (Lipinski definition) is 2. The van der Waals surface area contributed by atoms with Gasteiger partial charge in [0, 0.05) is 39.8 Å². The first-order chi connectivity index (χ1) is 11.8. The van der Waals surface area contributed by atoms with Crippen LogP contribution in [-0.4, -0.2) is 61.5 Å². The highest BCUT2D eigenvalue weighted by Crippen LogP contribution is 2.29. The van der Waals surface area contributed by atoms with E-state index in [2.05, 4.69) is 15.5 Å². The summed E-state index contributed by atoms with van der Waals surface area (Å²) in [6.07, 6.45) is -4.32. The zero-order valence-corrected chi connectivity index (χ0v) is 13.9. The van der Waals surface area contributed by atoms with Crippen molar-refractivity contribution in [2.45, 2.75) is 12.7 Å². The normalized spacial score (nSPS) is 16.5. The average Bonchev–Trinajstić information content (AvgIpc) is 2.56. The SMILES string of the molecule is CNC(=O)NC(=O)CN1CCN(Cc2ccc(C(F)(F)F)cc2)CC1. The minimum absolute atomic E-state index is 0.140. The number of nitrogens with zero attached hydrogens (tertiary/aromatic N) is 2. The third-order valence-corrected chi connectivity index (χ3v) is 4.00. The lowest BCUT2D eigenvalue weighted by Crippen LogP contribution is -2.50. The quantitative estimate of drug-likeness (QED) is 0.851. The molecule has 1 aromatic carbocycles. The zero-order chi connectivity index (χ0) is 18.4. The number of hydrogen-bond acceptors (Lipinski definition) is 4. The number of nitrogens with one attached hydrogen (secondary N) is 2. The zero-order valence-electron chi connectivity index (χ0n) is 13.9. The molecule has 0 aromatic heterocycles. The van der Waals surface area contributed by atoms with E-state index in [0.29, 0.717) is 32.7 Å². The van der Waals surface area contributed by atoms with Gasteiger partial charge >= 0.3 is 12.2 Å². The van der Waals surface area contributed by atoms with E-state index in [4.69, 9.17) is 0 Å². The fraction of sp³-hybridized carbons (Fsp3) is 0.500. The largest absolute Gasteiger partial charge is 0.416 e. The maximum absolute atomic E-state index is 12.6. The van der Waals surface area contributed by atoms with Crippen LogP contribution in [0.1, 0.15) is 11.1 Å². The van der Waals surface area contributed by atoms with Gasteiger partial charge in [0.25, 0.3) is 0 Å². The van der Waals surface area contributed by atoms with E-state index >= 15 is 0 Å². The number of rotatable bonds is 4. The fourth-order valence-corrected chi connectivity index (χ4v) is 2.59. The Morgan fingerprint density at radius 1 is 1.04 bits per heavy atom. The van der Waals surface area contributed by atoms with Crippen molar-refractivity contribution in [2.75, 3.05) is 39.8 Å². The molecule has 9 heteroatoms. The van der Waals surface area contributed by atoms with Crippen LogP contribution in [-0.2, 0) is 17.5 Å². The molecule has 0 aliphatic carbocycles. The summed E-state index contributed by atoms with van der Waals surface area (Å²) in [7, 11) is 1.43. The second-order valence-electron chi connectivity index (χ2n) is 5.87. The van der Waals surface area contributed by atoms with E-state index in [-0.39, 0.29) is 12.5 Å². The van der Waals surface area contributed by atoms with E-state index in [9.17, 15) is 22.8 Å². The first-order valence-electron chi connectivity index (χ1n) is 7.90. The topological polar surface area (TPSA) is 64.7 Å². The van der Waals surface area contributed by atoms with E-state index in [1.165, 1.54) is 19.2 Å².